The van der Waals surface area contributed by atoms with Gasteiger partial charge >= 0.3 is 0 Å². The van der Waals surface area contributed by atoms with Crippen LogP contribution in [0.2, 0.25) is 5.15 Å². The number of methoxy groups -OCH3 is 1. The molecule has 1 N–H and O–H groups in total. The van der Waals surface area contributed by atoms with E-state index in [9.17, 15) is 8.42 Å². The summed E-state index contributed by atoms with van der Waals surface area (Å²) in [5.41, 5.74) is 0. The van der Waals surface area contributed by atoms with E-state index < -0.39 is 10.0 Å². The van der Waals surface area contributed by atoms with E-state index >= 15 is 0 Å². The molecule has 0 aliphatic heterocycles. The van der Waals surface area contributed by atoms with E-state index in [4.69, 9.17) is 16.3 Å². The van der Waals surface area contributed by atoms with Crippen molar-refractivity contribution >= 4 is 27.4 Å². The van der Waals surface area contributed by atoms with Gasteiger partial charge in [0, 0.05) is 0 Å². The Bertz CT molecular complexity index is 478. The number of aromatic nitrogens is 2. The van der Waals surface area contributed by atoms with Crippen molar-refractivity contribution in [2.45, 2.75) is 19.8 Å². The van der Waals surface area contributed by atoms with Gasteiger partial charge in [-0.1, -0.05) is 24.9 Å². The minimum absolute atomic E-state index is 0.0387. The molecular formula is C9H14ClN3O3S. The van der Waals surface area contributed by atoms with Gasteiger partial charge in [0.1, 0.15) is 0 Å². The van der Waals surface area contributed by atoms with Crippen LogP contribution < -0.4 is 9.46 Å². The zero-order valence-corrected chi connectivity index (χ0v) is 11.2. The fraction of sp³-hybridized carbons (Fsp3) is 0.556. The van der Waals surface area contributed by atoms with Crippen LogP contribution in [0.5, 0.6) is 5.88 Å². The van der Waals surface area contributed by atoms with E-state index in [-0.39, 0.29) is 22.6 Å². The summed E-state index contributed by atoms with van der Waals surface area (Å²) < 4.78 is 30.5. The summed E-state index contributed by atoms with van der Waals surface area (Å²) >= 11 is 5.62. The molecule has 1 aromatic heterocycles. The van der Waals surface area contributed by atoms with Gasteiger partial charge in [0.15, 0.2) is 5.15 Å². The smallest absolute Gasteiger partial charge is 0.259 e. The maximum Gasteiger partial charge on any atom is 0.259 e. The van der Waals surface area contributed by atoms with E-state index in [0.29, 0.717) is 6.42 Å². The second kappa shape index (κ2) is 6.02. The van der Waals surface area contributed by atoms with Gasteiger partial charge in [-0.05, 0) is 6.42 Å². The van der Waals surface area contributed by atoms with Crippen molar-refractivity contribution in [1.29, 1.82) is 0 Å². The zero-order chi connectivity index (χ0) is 12.9. The Labute approximate surface area is 105 Å². The highest BCUT2D eigenvalue weighted by Crippen LogP contribution is 2.21. The second-order valence-corrected chi connectivity index (χ2v) is 5.55. The molecule has 0 aliphatic carbocycles. The normalized spacial score (nSPS) is 11.2. The van der Waals surface area contributed by atoms with Gasteiger partial charge in [-0.3, -0.25) is 4.72 Å². The van der Waals surface area contributed by atoms with Crippen molar-refractivity contribution in [2.24, 2.45) is 0 Å². The first-order chi connectivity index (χ1) is 7.98. The van der Waals surface area contributed by atoms with Crippen LogP contribution in [0.1, 0.15) is 19.8 Å². The summed E-state index contributed by atoms with van der Waals surface area (Å²) in [6.45, 7) is 1.91. The predicted octanol–water partition coefficient (Wildman–Crippen LogP) is 1.68. The van der Waals surface area contributed by atoms with Crippen molar-refractivity contribution in [2.75, 3.05) is 17.6 Å². The number of hydrogen-bond donors (Lipinski definition) is 1. The number of sulfonamides is 1. The molecule has 0 aromatic carbocycles. The highest BCUT2D eigenvalue weighted by atomic mass is 35.5. The van der Waals surface area contributed by atoms with Crippen molar-refractivity contribution in [3.8, 4) is 5.88 Å². The zero-order valence-electron chi connectivity index (χ0n) is 9.60. The molecule has 1 heterocycles. The van der Waals surface area contributed by atoms with Crippen LogP contribution in [-0.2, 0) is 10.0 Å². The first kappa shape index (κ1) is 14.0. The third kappa shape index (κ3) is 4.35. The fourth-order valence-electron chi connectivity index (χ4n) is 1.10. The van der Waals surface area contributed by atoms with Gasteiger partial charge in [-0.2, -0.15) is 4.98 Å². The molecule has 0 fully saturated rings. The molecule has 0 saturated heterocycles. The maximum absolute atomic E-state index is 11.6. The van der Waals surface area contributed by atoms with Crippen LogP contribution in [0.3, 0.4) is 0 Å². The molecule has 17 heavy (non-hydrogen) atoms. The molecule has 0 radical (unpaired) electrons. The highest BCUT2D eigenvalue weighted by Gasteiger charge is 2.15. The van der Waals surface area contributed by atoms with Gasteiger partial charge < -0.3 is 4.74 Å². The molecule has 0 aliphatic rings. The van der Waals surface area contributed by atoms with Gasteiger partial charge in [0.25, 0.3) is 5.88 Å². The van der Waals surface area contributed by atoms with E-state index in [1.807, 2.05) is 6.92 Å². The molecule has 0 atom stereocenters. The first-order valence-electron chi connectivity index (χ1n) is 5.05. The average Bonchev–Trinajstić information content (AvgIpc) is 2.28. The molecule has 0 amide bonds. The number of hydrogen-bond acceptors (Lipinski definition) is 5. The Balaban J connectivity index is 2.87. The van der Waals surface area contributed by atoms with E-state index in [0.717, 1.165) is 6.42 Å². The van der Waals surface area contributed by atoms with Crippen molar-refractivity contribution in [1.82, 2.24) is 9.97 Å². The van der Waals surface area contributed by atoms with Crippen LogP contribution in [-0.4, -0.2) is 31.2 Å². The Hall–Kier alpha value is -1.08. The molecule has 0 bridgehead atoms. The van der Waals surface area contributed by atoms with Crippen LogP contribution in [0.25, 0.3) is 0 Å². The number of halogens is 1. The Morgan fingerprint density at radius 2 is 2.24 bits per heavy atom. The molecule has 0 unspecified atom stereocenters. The van der Waals surface area contributed by atoms with Gasteiger partial charge in [-0.25, -0.2) is 13.4 Å². The lowest BCUT2D eigenvalue weighted by atomic mass is 10.4. The summed E-state index contributed by atoms with van der Waals surface area (Å²) in [5.74, 6) is 0.141. The lowest BCUT2D eigenvalue weighted by Crippen LogP contribution is -2.18. The summed E-state index contributed by atoms with van der Waals surface area (Å²) in [6, 6.07) is 0. The number of ether oxygens (including phenoxy) is 1. The summed E-state index contributed by atoms with van der Waals surface area (Å²) in [6.07, 6.45) is 2.63. The second-order valence-electron chi connectivity index (χ2n) is 3.33. The summed E-state index contributed by atoms with van der Waals surface area (Å²) in [5, 5.41) is 0.137. The largest absolute Gasteiger partial charge is 0.478 e. The number of nitrogens with one attached hydrogen (secondary N) is 1. The van der Waals surface area contributed by atoms with Crippen LogP contribution >= 0.6 is 11.6 Å². The molecular weight excluding hydrogens is 266 g/mol. The van der Waals surface area contributed by atoms with Crippen molar-refractivity contribution in [3.05, 3.63) is 11.3 Å². The SMILES string of the molecule is CCCCS(=O)(=O)Nc1ncc(Cl)nc1OC. The van der Waals surface area contributed by atoms with Gasteiger partial charge in [0.05, 0.1) is 19.1 Å². The molecule has 1 rings (SSSR count). The number of nitrogens with zero attached hydrogens (tertiary/aromatic N) is 2. The minimum Gasteiger partial charge on any atom is -0.478 e. The molecule has 1 aromatic rings. The fourth-order valence-corrected chi connectivity index (χ4v) is 2.43. The number of unbranched alkanes of at least 4 members (excludes halogenated alkanes) is 1. The Kier molecular flexibility index (Phi) is 4.95. The Morgan fingerprint density at radius 3 is 2.82 bits per heavy atom. The van der Waals surface area contributed by atoms with Crippen molar-refractivity contribution in [3.63, 3.8) is 0 Å². The highest BCUT2D eigenvalue weighted by molar-refractivity contribution is 7.92. The van der Waals surface area contributed by atoms with E-state index in [1.54, 1.807) is 0 Å². The van der Waals surface area contributed by atoms with E-state index in [1.165, 1.54) is 13.3 Å². The first-order valence-corrected chi connectivity index (χ1v) is 7.08. The minimum atomic E-state index is -3.42. The standard InChI is InChI=1S/C9H14ClN3O3S/c1-3-4-5-17(14,15)13-8-9(16-2)12-7(10)6-11-8/h6H,3-5H2,1-2H3,(H,11,13). The third-order valence-electron chi connectivity index (χ3n) is 1.92. The topological polar surface area (TPSA) is 81.2 Å². The number of rotatable bonds is 6. The van der Waals surface area contributed by atoms with Crippen LogP contribution in [0, 0.1) is 0 Å². The van der Waals surface area contributed by atoms with Crippen molar-refractivity contribution < 1.29 is 13.2 Å². The molecule has 96 valence electrons. The van der Waals surface area contributed by atoms with Crippen LogP contribution in [0.4, 0.5) is 5.82 Å². The van der Waals surface area contributed by atoms with E-state index in [2.05, 4.69) is 14.7 Å². The lowest BCUT2D eigenvalue weighted by molar-refractivity contribution is 0.398. The summed E-state index contributed by atoms with van der Waals surface area (Å²) in [7, 11) is -2.05. The van der Waals surface area contributed by atoms with Gasteiger partial charge in [-0.15, -0.1) is 0 Å². The van der Waals surface area contributed by atoms with Gasteiger partial charge in [0.2, 0.25) is 15.8 Å². The molecule has 0 spiro atoms. The average molecular weight is 280 g/mol. The molecule has 6 nitrogen and oxygen atoms in total. The molecule has 0 saturated carbocycles. The maximum atomic E-state index is 11.6. The molecule has 8 heteroatoms. The third-order valence-corrected chi connectivity index (χ3v) is 3.44. The van der Waals surface area contributed by atoms with Crippen LogP contribution in [0.15, 0.2) is 6.20 Å². The quantitative estimate of drug-likeness (QED) is 0.857. The lowest BCUT2D eigenvalue weighted by Gasteiger charge is -2.09. The monoisotopic (exact) mass is 279 g/mol. The summed E-state index contributed by atoms with van der Waals surface area (Å²) in [4.78, 5) is 7.64. The Morgan fingerprint density at radius 1 is 1.53 bits per heavy atom. The number of anilines is 1. The predicted molar refractivity (Wildman–Crippen MR) is 65.9 cm³/mol.